The number of nitrogens with zero attached hydrogens (tertiary/aromatic N) is 3. The van der Waals surface area contributed by atoms with Crippen LogP contribution in [-0.4, -0.2) is 26.5 Å². The molecule has 0 saturated heterocycles. The highest BCUT2D eigenvalue weighted by Gasteiger charge is 2.14. The van der Waals surface area contributed by atoms with Gasteiger partial charge in [-0.1, -0.05) is 17.4 Å². The minimum Gasteiger partial charge on any atom is -0.508 e. The molecular weight excluding hydrogens is 352 g/mol. The number of rotatable bonds is 4. The summed E-state index contributed by atoms with van der Waals surface area (Å²) in [6.45, 7) is 0.901. The molecule has 0 bridgehead atoms. The van der Waals surface area contributed by atoms with Crippen molar-refractivity contribution in [2.75, 3.05) is 12.1 Å². The molecule has 2 aromatic heterocycles. The maximum absolute atomic E-state index is 9.45. The van der Waals surface area contributed by atoms with E-state index in [4.69, 9.17) is 9.47 Å². The molecule has 7 nitrogen and oxygen atoms in total. The molecule has 0 amide bonds. The average molecular weight is 366 g/mol. The molecule has 0 atom stereocenters. The van der Waals surface area contributed by atoms with Crippen LogP contribution in [0.15, 0.2) is 48.7 Å². The Morgan fingerprint density at radius 3 is 2.85 bits per heavy atom. The summed E-state index contributed by atoms with van der Waals surface area (Å²) in [7, 11) is 0. The fourth-order valence-electron chi connectivity index (χ4n) is 2.82. The van der Waals surface area contributed by atoms with Crippen molar-refractivity contribution in [1.82, 2.24) is 14.6 Å². The number of hydrogen-bond acceptors (Lipinski definition) is 7. The fourth-order valence-corrected chi connectivity index (χ4v) is 3.59. The number of ether oxygens (including phenoxy) is 2. The lowest BCUT2D eigenvalue weighted by atomic mass is 10.2. The molecule has 2 aromatic carbocycles. The number of phenolic OH excluding ortho intramolecular Hbond substituents is 1. The first-order chi connectivity index (χ1) is 12.8. The monoisotopic (exact) mass is 366 g/mol. The van der Waals surface area contributed by atoms with Gasteiger partial charge in [0, 0.05) is 12.1 Å². The average Bonchev–Trinajstić information content (AvgIpc) is 3.35. The van der Waals surface area contributed by atoms with E-state index in [1.807, 2.05) is 30.3 Å². The summed E-state index contributed by atoms with van der Waals surface area (Å²) in [5.41, 5.74) is 2.91. The molecule has 130 valence electrons. The summed E-state index contributed by atoms with van der Waals surface area (Å²) in [5.74, 6) is 1.78. The predicted octanol–water partition coefficient (Wildman–Crippen LogP) is 3.50. The van der Waals surface area contributed by atoms with Gasteiger partial charge in [-0.25, -0.2) is 9.50 Å². The quantitative estimate of drug-likeness (QED) is 0.575. The first-order valence-corrected chi connectivity index (χ1v) is 8.84. The maximum atomic E-state index is 9.45. The zero-order valence-corrected chi connectivity index (χ0v) is 14.4. The van der Waals surface area contributed by atoms with E-state index in [0.29, 0.717) is 6.54 Å². The zero-order chi connectivity index (χ0) is 17.5. The summed E-state index contributed by atoms with van der Waals surface area (Å²) in [5, 5.41) is 18.2. The molecule has 3 heterocycles. The van der Waals surface area contributed by atoms with Crippen molar-refractivity contribution >= 4 is 21.4 Å². The Balaban J connectivity index is 1.37. The highest BCUT2D eigenvalue weighted by atomic mass is 32.1. The minimum atomic E-state index is 0.235. The van der Waals surface area contributed by atoms with Gasteiger partial charge in [-0.3, -0.25) is 0 Å². The van der Waals surface area contributed by atoms with Crippen LogP contribution in [0.25, 0.3) is 16.2 Å². The van der Waals surface area contributed by atoms with Crippen molar-refractivity contribution in [3.63, 3.8) is 0 Å². The van der Waals surface area contributed by atoms with E-state index in [2.05, 4.69) is 15.4 Å². The van der Waals surface area contributed by atoms with Crippen LogP contribution in [0, 0.1) is 0 Å². The van der Waals surface area contributed by atoms with Gasteiger partial charge < -0.3 is 19.9 Å². The number of phenols is 1. The number of aromatic nitrogens is 3. The van der Waals surface area contributed by atoms with Gasteiger partial charge in [0.1, 0.15) is 5.75 Å². The van der Waals surface area contributed by atoms with Crippen LogP contribution in [0.2, 0.25) is 0 Å². The lowest BCUT2D eigenvalue weighted by molar-refractivity contribution is 0.174. The van der Waals surface area contributed by atoms with Gasteiger partial charge in [-0.15, -0.1) is 5.10 Å². The van der Waals surface area contributed by atoms with E-state index in [-0.39, 0.29) is 12.5 Å². The van der Waals surface area contributed by atoms with Gasteiger partial charge >= 0.3 is 0 Å². The fraction of sp³-hybridized carbons (Fsp3) is 0.111. The Kier molecular flexibility index (Phi) is 3.42. The van der Waals surface area contributed by atoms with E-state index in [9.17, 15) is 5.11 Å². The highest BCUT2D eigenvalue weighted by Crippen LogP contribution is 2.33. The van der Waals surface area contributed by atoms with Gasteiger partial charge in [-0.2, -0.15) is 0 Å². The molecule has 5 rings (SSSR count). The SMILES string of the molecule is Oc1ccc(-c2cnc3sc(NCc4ccc5c(c4)OCO5)nn23)cc1. The third-order valence-electron chi connectivity index (χ3n) is 4.13. The lowest BCUT2D eigenvalue weighted by Gasteiger charge is -2.04. The minimum absolute atomic E-state index is 0.235. The Morgan fingerprint density at radius 2 is 1.96 bits per heavy atom. The van der Waals surface area contributed by atoms with Crippen LogP contribution in [0.1, 0.15) is 5.56 Å². The zero-order valence-electron chi connectivity index (χ0n) is 13.5. The molecule has 0 saturated carbocycles. The number of hydrogen-bond donors (Lipinski definition) is 2. The second-order valence-electron chi connectivity index (χ2n) is 5.83. The topological polar surface area (TPSA) is 80.9 Å². The van der Waals surface area contributed by atoms with Crippen LogP contribution in [-0.2, 0) is 6.54 Å². The van der Waals surface area contributed by atoms with Crippen molar-refractivity contribution in [3.8, 4) is 28.5 Å². The number of benzene rings is 2. The number of imidazole rings is 1. The molecule has 0 fully saturated rings. The summed E-state index contributed by atoms with van der Waals surface area (Å²) in [6.07, 6.45) is 1.78. The summed E-state index contributed by atoms with van der Waals surface area (Å²) in [4.78, 5) is 5.23. The van der Waals surface area contributed by atoms with Crippen LogP contribution in [0.3, 0.4) is 0 Å². The molecule has 1 aliphatic heterocycles. The largest absolute Gasteiger partial charge is 0.508 e. The number of aromatic hydroxyl groups is 1. The Hall–Kier alpha value is -3.26. The van der Waals surface area contributed by atoms with E-state index in [0.717, 1.165) is 38.4 Å². The molecule has 0 radical (unpaired) electrons. The number of fused-ring (bicyclic) bond motifs is 2. The normalized spacial score (nSPS) is 12.6. The molecule has 2 N–H and O–H groups in total. The van der Waals surface area contributed by atoms with Gasteiger partial charge in [0.2, 0.25) is 16.9 Å². The standard InChI is InChI=1S/C18H14N4O3S/c23-13-4-2-12(3-5-13)14-9-20-18-22(14)21-17(26-18)19-8-11-1-6-15-16(7-11)25-10-24-15/h1-7,9,23H,8,10H2,(H,19,21). The predicted molar refractivity (Wildman–Crippen MR) is 97.9 cm³/mol. The lowest BCUT2D eigenvalue weighted by Crippen LogP contribution is -2.00. The van der Waals surface area contributed by atoms with Crippen LogP contribution in [0.4, 0.5) is 5.13 Å². The second kappa shape index (κ2) is 5.92. The summed E-state index contributed by atoms with van der Waals surface area (Å²) in [6, 6.07) is 12.9. The van der Waals surface area contributed by atoms with Gasteiger partial charge in [0.15, 0.2) is 11.5 Å². The Morgan fingerprint density at radius 1 is 1.12 bits per heavy atom. The van der Waals surface area contributed by atoms with Crippen LogP contribution < -0.4 is 14.8 Å². The smallest absolute Gasteiger partial charge is 0.231 e. The second-order valence-corrected chi connectivity index (χ2v) is 6.79. The molecule has 0 unspecified atom stereocenters. The Bertz CT molecular complexity index is 1090. The van der Waals surface area contributed by atoms with E-state index >= 15 is 0 Å². The molecule has 1 aliphatic rings. The van der Waals surface area contributed by atoms with E-state index < -0.39 is 0 Å². The number of anilines is 1. The summed E-state index contributed by atoms with van der Waals surface area (Å²) >= 11 is 1.48. The Labute approximate surface area is 152 Å². The molecule has 4 aromatic rings. The van der Waals surface area contributed by atoms with E-state index in [1.165, 1.54) is 11.3 Å². The van der Waals surface area contributed by atoms with Gasteiger partial charge in [-0.05, 0) is 42.0 Å². The molecule has 8 heteroatoms. The third kappa shape index (κ3) is 2.60. The van der Waals surface area contributed by atoms with Gasteiger partial charge in [0.25, 0.3) is 0 Å². The van der Waals surface area contributed by atoms with Gasteiger partial charge in [0.05, 0.1) is 11.9 Å². The highest BCUT2D eigenvalue weighted by molar-refractivity contribution is 7.20. The van der Waals surface area contributed by atoms with Crippen molar-refractivity contribution in [3.05, 3.63) is 54.2 Å². The van der Waals surface area contributed by atoms with Crippen molar-refractivity contribution in [1.29, 1.82) is 0 Å². The molecule has 0 spiro atoms. The molecule has 0 aliphatic carbocycles. The first-order valence-electron chi connectivity index (χ1n) is 8.03. The van der Waals surface area contributed by atoms with Crippen molar-refractivity contribution in [2.24, 2.45) is 0 Å². The molecular formula is C18H14N4O3S. The van der Waals surface area contributed by atoms with Crippen molar-refractivity contribution in [2.45, 2.75) is 6.54 Å². The van der Waals surface area contributed by atoms with Crippen LogP contribution in [0.5, 0.6) is 17.2 Å². The number of nitrogens with one attached hydrogen (secondary N) is 1. The van der Waals surface area contributed by atoms with Crippen molar-refractivity contribution < 1.29 is 14.6 Å². The van der Waals surface area contributed by atoms with Crippen LogP contribution >= 0.6 is 11.3 Å². The third-order valence-corrected chi connectivity index (χ3v) is 5.01. The first kappa shape index (κ1) is 15.0. The molecule has 26 heavy (non-hydrogen) atoms. The van der Waals surface area contributed by atoms with E-state index in [1.54, 1.807) is 22.8 Å². The summed E-state index contributed by atoms with van der Waals surface area (Å²) < 4.78 is 12.5. The maximum Gasteiger partial charge on any atom is 0.231 e.